The fourth-order valence-electron chi connectivity index (χ4n) is 4.22. The lowest BCUT2D eigenvalue weighted by atomic mass is 10.1. The zero-order valence-corrected chi connectivity index (χ0v) is 20.0. The van der Waals surface area contributed by atoms with Crippen LogP contribution in [0.1, 0.15) is 47.5 Å². The minimum atomic E-state index is -0.340. The molecule has 0 fully saturated rings. The number of thiophene rings is 1. The van der Waals surface area contributed by atoms with Gasteiger partial charge in [-0.25, -0.2) is 9.97 Å². The summed E-state index contributed by atoms with van der Waals surface area (Å²) in [6.45, 7) is -0.00318. The number of anilines is 1. The summed E-state index contributed by atoms with van der Waals surface area (Å²) >= 11 is 1.69. The van der Waals surface area contributed by atoms with Gasteiger partial charge in [-0.3, -0.25) is 4.79 Å². The minimum Gasteiger partial charge on any atom is -0.493 e. The number of hydrogen-bond acceptors (Lipinski definition) is 9. The number of methoxy groups -OCH3 is 3. The Balaban J connectivity index is 1.40. The number of ether oxygens (including phenoxy) is 4. The Kier molecular flexibility index (Phi) is 7.17. The summed E-state index contributed by atoms with van der Waals surface area (Å²) in [4.78, 5) is 23.7. The lowest BCUT2D eigenvalue weighted by Crippen LogP contribution is -2.09. The van der Waals surface area contributed by atoms with Crippen molar-refractivity contribution in [2.24, 2.45) is 0 Å². The van der Waals surface area contributed by atoms with Crippen molar-refractivity contribution in [3.05, 3.63) is 34.0 Å². The number of aryl methyl sites for hydroxylation is 3. The van der Waals surface area contributed by atoms with Crippen molar-refractivity contribution in [2.45, 2.75) is 51.6 Å². The van der Waals surface area contributed by atoms with E-state index in [1.165, 1.54) is 29.7 Å². The van der Waals surface area contributed by atoms with Crippen LogP contribution in [0.2, 0.25) is 0 Å². The van der Waals surface area contributed by atoms with Gasteiger partial charge in [0.25, 0.3) is 0 Å². The molecule has 0 spiro atoms. The maximum Gasteiger partial charge on any atom is 0.306 e. The van der Waals surface area contributed by atoms with Crippen molar-refractivity contribution in [2.75, 3.05) is 27.1 Å². The number of nitrogens with zero attached hydrogens (tertiary/aromatic N) is 2. The smallest absolute Gasteiger partial charge is 0.306 e. The van der Waals surface area contributed by atoms with E-state index in [0.717, 1.165) is 28.6 Å². The number of fused-ring (bicyclic) bond motifs is 3. The number of carbonyl (C=O) groups excluding carboxylic acids is 1. The molecule has 0 atom stereocenters. The van der Waals surface area contributed by atoms with Gasteiger partial charge in [-0.2, -0.15) is 0 Å². The van der Waals surface area contributed by atoms with Crippen molar-refractivity contribution in [1.82, 2.24) is 9.97 Å². The Hall–Kier alpha value is -3.07. The van der Waals surface area contributed by atoms with Gasteiger partial charge in [0, 0.05) is 11.3 Å². The molecule has 1 aliphatic carbocycles. The Bertz CT molecular complexity index is 1140. The summed E-state index contributed by atoms with van der Waals surface area (Å²) in [7, 11) is 4.67. The van der Waals surface area contributed by atoms with Crippen LogP contribution in [-0.4, -0.2) is 37.3 Å². The van der Waals surface area contributed by atoms with Gasteiger partial charge >= 0.3 is 5.97 Å². The summed E-state index contributed by atoms with van der Waals surface area (Å²) in [5.74, 6) is 2.18. The normalized spacial score (nSPS) is 13.3. The summed E-state index contributed by atoms with van der Waals surface area (Å²) in [6.07, 6.45) is 6.37. The summed E-state index contributed by atoms with van der Waals surface area (Å²) < 4.78 is 21.5. The van der Waals surface area contributed by atoms with Crippen LogP contribution in [0.3, 0.4) is 0 Å². The summed E-state index contributed by atoms with van der Waals surface area (Å²) in [5, 5.41) is 0.981. The molecule has 0 saturated carbocycles. The number of aromatic nitrogens is 2. The van der Waals surface area contributed by atoms with Crippen LogP contribution < -0.4 is 19.9 Å². The molecule has 0 aliphatic heterocycles. The highest BCUT2D eigenvalue weighted by molar-refractivity contribution is 7.19. The number of hydrogen-bond donors (Lipinski definition) is 1. The molecule has 0 radical (unpaired) electrons. The van der Waals surface area contributed by atoms with Gasteiger partial charge in [-0.05, 0) is 55.4 Å². The van der Waals surface area contributed by atoms with E-state index in [1.807, 2.05) is 12.1 Å². The topological polar surface area (TPSA) is 106 Å². The molecule has 33 heavy (non-hydrogen) atoms. The van der Waals surface area contributed by atoms with Crippen molar-refractivity contribution in [3.63, 3.8) is 0 Å². The highest BCUT2D eigenvalue weighted by Gasteiger charge is 2.20. The molecule has 1 aliphatic rings. The highest BCUT2D eigenvalue weighted by Crippen LogP contribution is 2.39. The third-order valence-electron chi connectivity index (χ3n) is 5.84. The molecular formula is C24H29N3O5S. The van der Waals surface area contributed by atoms with E-state index < -0.39 is 0 Å². The van der Waals surface area contributed by atoms with Crippen LogP contribution in [0.4, 0.5) is 5.82 Å². The van der Waals surface area contributed by atoms with Crippen LogP contribution in [0.5, 0.6) is 17.2 Å². The van der Waals surface area contributed by atoms with E-state index in [1.54, 1.807) is 32.7 Å². The second-order valence-electron chi connectivity index (χ2n) is 7.96. The fourth-order valence-corrected chi connectivity index (χ4v) is 5.50. The highest BCUT2D eigenvalue weighted by atomic mass is 32.1. The zero-order valence-electron chi connectivity index (χ0n) is 19.2. The summed E-state index contributed by atoms with van der Waals surface area (Å²) in [6, 6.07) is 3.65. The van der Waals surface area contributed by atoms with E-state index in [0.29, 0.717) is 35.3 Å². The second-order valence-corrected chi connectivity index (χ2v) is 9.05. The first kappa shape index (κ1) is 23.1. The third kappa shape index (κ3) is 4.98. The van der Waals surface area contributed by atoms with Crippen LogP contribution in [0.25, 0.3) is 10.2 Å². The minimum absolute atomic E-state index is 0.00318. The predicted octanol–water partition coefficient (Wildman–Crippen LogP) is 4.24. The molecule has 9 heteroatoms. The number of nitrogen functional groups attached to an aromatic ring is 1. The molecule has 0 bridgehead atoms. The second kappa shape index (κ2) is 10.2. The third-order valence-corrected chi connectivity index (χ3v) is 7.03. The van der Waals surface area contributed by atoms with Crippen molar-refractivity contribution in [3.8, 4) is 17.2 Å². The lowest BCUT2D eigenvalue weighted by Gasteiger charge is -2.14. The SMILES string of the molecule is COc1cc(CCC(=O)OCc2nc(N)c3c4c(sc3n2)CCCCC4)cc(OC)c1OC. The average molecular weight is 472 g/mol. The van der Waals surface area contributed by atoms with E-state index in [4.69, 9.17) is 24.7 Å². The lowest BCUT2D eigenvalue weighted by molar-refractivity contribution is -0.145. The fraction of sp³-hybridized carbons (Fsp3) is 0.458. The number of carbonyl (C=O) groups is 1. The molecule has 2 N–H and O–H groups in total. The van der Waals surface area contributed by atoms with Crippen LogP contribution in [-0.2, 0) is 35.4 Å². The molecule has 0 saturated heterocycles. The molecule has 2 heterocycles. The summed E-state index contributed by atoms with van der Waals surface area (Å²) in [5.41, 5.74) is 8.46. The van der Waals surface area contributed by atoms with Crippen molar-refractivity contribution < 1.29 is 23.7 Å². The van der Waals surface area contributed by atoms with Gasteiger partial charge in [-0.1, -0.05) is 6.42 Å². The number of nitrogens with two attached hydrogens (primary N) is 1. The van der Waals surface area contributed by atoms with E-state index in [2.05, 4.69) is 9.97 Å². The standard InChI is InChI=1S/C24H29N3O5S/c1-29-16-11-14(12-17(30-2)22(16)31-3)9-10-20(28)32-13-19-26-23(25)21-15-7-5-4-6-8-18(15)33-24(21)27-19/h11-12H,4-10,13H2,1-3H3,(H2,25,26,27). The maximum atomic E-state index is 12.4. The van der Waals surface area contributed by atoms with Gasteiger partial charge in [0.1, 0.15) is 10.6 Å². The van der Waals surface area contributed by atoms with Crippen LogP contribution in [0, 0.1) is 0 Å². The number of benzene rings is 1. The molecule has 2 aromatic heterocycles. The van der Waals surface area contributed by atoms with Gasteiger partial charge in [-0.15, -0.1) is 11.3 Å². The molecule has 1 aromatic carbocycles. The van der Waals surface area contributed by atoms with E-state index in [9.17, 15) is 4.79 Å². The zero-order chi connectivity index (χ0) is 23.4. The van der Waals surface area contributed by atoms with Crippen LogP contribution in [0.15, 0.2) is 12.1 Å². The Morgan fingerprint density at radius 1 is 1.03 bits per heavy atom. The van der Waals surface area contributed by atoms with Gasteiger partial charge in [0.05, 0.1) is 26.7 Å². The number of rotatable bonds is 8. The monoisotopic (exact) mass is 471 g/mol. The Morgan fingerprint density at radius 2 is 1.76 bits per heavy atom. The van der Waals surface area contributed by atoms with E-state index >= 15 is 0 Å². The molecule has 0 amide bonds. The largest absolute Gasteiger partial charge is 0.493 e. The van der Waals surface area contributed by atoms with Gasteiger partial charge in [0.15, 0.2) is 23.9 Å². The first-order chi connectivity index (χ1) is 16.0. The first-order valence-electron chi connectivity index (χ1n) is 11.0. The maximum absolute atomic E-state index is 12.4. The predicted molar refractivity (Wildman–Crippen MR) is 127 cm³/mol. The van der Waals surface area contributed by atoms with Crippen LogP contribution >= 0.6 is 11.3 Å². The molecular weight excluding hydrogens is 442 g/mol. The Labute approximate surface area is 197 Å². The first-order valence-corrected chi connectivity index (χ1v) is 11.9. The molecule has 8 nitrogen and oxygen atoms in total. The van der Waals surface area contributed by atoms with Crippen molar-refractivity contribution in [1.29, 1.82) is 0 Å². The number of esters is 1. The molecule has 176 valence electrons. The van der Waals surface area contributed by atoms with Gasteiger partial charge in [0.2, 0.25) is 5.75 Å². The quantitative estimate of drug-likeness (QED) is 0.384. The van der Waals surface area contributed by atoms with Gasteiger partial charge < -0.3 is 24.7 Å². The molecule has 0 unspecified atom stereocenters. The average Bonchev–Trinajstić information content (AvgIpc) is 3.02. The molecule has 3 aromatic rings. The van der Waals surface area contributed by atoms with Crippen molar-refractivity contribution >= 4 is 33.3 Å². The van der Waals surface area contributed by atoms with E-state index in [-0.39, 0.29) is 19.0 Å². The molecule has 4 rings (SSSR count). The Morgan fingerprint density at radius 3 is 2.45 bits per heavy atom.